The van der Waals surface area contributed by atoms with Gasteiger partial charge in [-0.1, -0.05) is 24.4 Å². The molecule has 0 unspecified atom stereocenters. The van der Waals surface area contributed by atoms with E-state index < -0.39 is 5.97 Å². The Labute approximate surface area is 123 Å². The molecule has 0 atom stereocenters. The fourth-order valence-corrected chi connectivity index (χ4v) is 2.32. The van der Waals surface area contributed by atoms with E-state index in [1.54, 1.807) is 0 Å². The molecule has 1 heterocycles. The van der Waals surface area contributed by atoms with Crippen molar-refractivity contribution in [1.29, 1.82) is 0 Å². The second-order valence-electron chi connectivity index (χ2n) is 4.19. The van der Waals surface area contributed by atoms with E-state index in [1.807, 2.05) is 11.8 Å². The molecule has 0 aromatic carbocycles. The first kappa shape index (κ1) is 16.1. The molecular weight excluding hydrogens is 284 g/mol. The Morgan fingerprint density at radius 2 is 2.16 bits per heavy atom. The van der Waals surface area contributed by atoms with E-state index in [2.05, 4.69) is 16.6 Å². The number of aromatic nitrogens is 1. The van der Waals surface area contributed by atoms with Crippen LogP contribution in [0.2, 0.25) is 5.02 Å². The molecule has 106 valence electrons. The summed E-state index contributed by atoms with van der Waals surface area (Å²) in [5.74, 6) is 0.743. The van der Waals surface area contributed by atoms with E-state index in [9.17, 15) is 4.79 Å². The van der Waals surface area contributed by atoms with Crippen LogP contribution in [0.3, 0.4) is 0 Å². The summed E-state index contributed by atoms with van der Waals surface area (Å²) >= 11 is 7.62. The maximum Gasteiger partial charge on any atom is 0.337 e. The van der Waals surface area contributed by atoms with Crippen molar-refractivity contribution < 1.29 is 9.90 Å². The lowest BCUT2D eigenvalue weighted by molar-refractivity contribution is 0.0697. The molecular formula is C13H19ClN2O2S. The highest BCUT2D eigenvalue weighted by molar-refractivity contribution is 7.98. The van der Waals surface area contributed by atoms with Crippen molar-refractivity contribution in [3.05, 3.63) is 22.8 Å². The number of carboxylic acid groups (broad SMARTS) is 1. The zero-order valence-corrected chi connectivity index (χ0v) is 12.6. The normalized spacial score (nSPS) is 10.4. The van der Waals surface area contributed by atoms with Gasteiger partial charge < -0.3 is 10.4 Å². The average molecular weight is 303 g/mol. The SMILES string of the molecule is CSCCCCCCNc1cc(C(=O)O)c(Cl)cn1. The molecule has 0 spiro atoms. The van der Waals surface area contributed by atoms with Gasteiger partial charge in [-0.05, 0) is 30.9 Å². The van der Waals surface area contributed by atoms with Crippen LogP contribution in [0.5, 0.6) is 0 Å². The van der Waals surface area contributed by atoms with Gasteiger partial charge in [0.2, 0.25) is 0 Å². The topological polar surface area (TPSA) is 62.2 Å². The van der Waals surface area contributed by atoms with E-state index in [1.165, 1.54) is 37.3 Å². The minimum absolute atomic E-state index is 0.0825. The summed E-state index contributed by atoms with van der Waals surface area (Å²) in [5.41, 5.74) is 0.0825. The molecule has 1 aromatic rings. The number of thioether (sulfide) groups is 1. The van der Waals surface area contributed by atoms with Crippen molar-refractivity contribution in [3.63, 3.8) is 0 Å². The van der Waals surface area contributed by atoms with Gasteiger partial charge in [0.15, 0.2) is 0 Å². The Bertz CT molecular complexity index is 416. The lowest BCUT2D eigenvalue weighted by Crippen LogP contribution is -2.06. The monoisotopic (exact) mass is 302 g/mol. The van der Waals surface area contributed by atoms with Crippen LogP contribution in [0.15, 0.2) is 12.3 Å². The summed E-state index contributed by atoms with van der Waals surface area (Å²) < 4.78 is 0. The average Bonchev–Trinajstić information content (AvgIpc) is 2.39. The molecule has 0 aliphatic rings. The summed E-state index contributed by atoms with van der Waals surface area (Å²) in [4.78, 5) is 15.0. The highest BCUT2D eigenvalue weighted by Gasteiger charge is 2.09. The number of carboxylic acids is 1. The smallest absolute Gasteiger partial charge is 0.337 e. The predicted molar refractivity (Wildman–Crippen MR) is 81.5 cm³/mol. The quantitative estimate of drug-likeness (QED) is 0.680. The second kappa shape index (κ2) is 9.04. The first-order valence-electron chi connectivity index (χ1n) is 6.27. The molecule has 0 radical (unpaired) electrons. The molecule has 0 saturated heterocycles. The fourth-order valence-electron chi connectivity index (χ4n) is 1.64. The Kier molecular flexibility index (Phi) is 7.67. The number of halogens is 1. The van der Waals surface area contributed by atoms with Crippen LogP contribution in [0.1, 0.15) is 36.0 Å². The molecule has 0 aliphatic heterocycles. The Morgan fingerprint density at radius 1 is 1.42 bits per heavy atom. The molecule has 0 amide bonds. The highest BCUT2D eigenvalue weighted by atomic mass is 35.5. The van der Waals surface area contributed by atoms with Gasteiger partial charge in [-0.3, -0.25) is 0 Å². The first-order chi connectivity index (χ1) is 9.15. The first-order valence-corrected chi connectivity index (χ1v) is 8.04. The number of nitrogens with zero attached hydrogens (tertiary/aromatic N) is 1. The van der Waals surface area contributed by atoms with Gasteiger partial charge in [0.05, 0.1) is 10.6 Å². The number of carbonyl (C=O) groups is 1. The number of pyridine rings is 1. The van der Waals surface area contributed by atoms with Crippen molar-refractivity contribution in [2.45, 2.75) is 25.7 Å². The fraction of sp³-hybridized carbons (Fsp3) is 0.538. The van der Waals surface area contributed by atoms with E-state index in [4.69, 9.17) is 16.7 Å². The zero-order chi connectivity index (χ0) is 14.1. The summed E-state index contributed by atoms with van der Waals surface area (Å²) in [7, 11) is 0. The Hall–Kier alpha value is -0.940. The number of nitrogens with one attached hydrogen (secondary N) is 1. The van der Waals surface area contributed by atoms with Crippen molar-refractivity contribution in [2.24, 2.45) is 0 Å². The summed E-state index contributed by atoms with van der Waals surface area (Å²) in [6.07, 6.45) is 8.20. The predicted octanol–water partition coefficient (Wildman–Crippen LogP) is 3.77. The third-order valence-corrected chi connectivity index (χ3v) is 3.67. The molecule has 1 rings (SSSR count). The van der Waals surface area contributed by atoms with Crippen molar-refractivity contribution in [2.75, 3.05) is 23.9 Å². The third kappa shape index (κ3) is 6.16. The van der Waals surface area contributed by atoms with Crippen molar-refractivity contribution >= 4 is 35.1 Å². The minimum atomic E-state index is -1.03. The molecule has 2 N–H and O–H groups in total. The number of hydrogen-bond acceptors (Lipinski definition) is 4. The van der Waals surface area contributed by atoms with Gasteiger partial charge in [0.25, 0.3) is 0 Å². The maximum absolute atomic E-state index is 10.9. The lowest BCUT2D eigenvalue weighted by Gasteiger charge is -2.07. The van der Waals surface area contributed by atoms with Gasteiger partial charge in [-0.15, -0.1) is 0 Å². The molecule has 4 nitrogen and oxygen atoms in total. The zero-order valence-electron chi connectivity index (χ0n) is 11.0. The van der Waals surface area contributed by atoms with Crippen LogP contribution in [0.25, 0.3) is 0 Å². The van der Waals surface area contributed by atoms with Crippen LogP contribution in [0.4, 0.5) is 5.82 Å². The molecule has 0 saturated carbocycles. The van der Waals surface area contributed by atoms with Crippen LogP contribution < -0.4 is 5.32 Å². The van der Waals surface area contributed by atoms with Crippen LogP contribution in [-0.4, -0.2) is 34.6 Å². The summed E-state index contributed by atoms with van der Waals surface area (Å²) in [6.45, 7) is 0.799. The van der Waals surface area contributed by atoms with Gasteiger partial charge in [-0.25, -0.2) is 9.78 Å². The molecule has 0 aliphatic carbocycles. The third-order valence-electron chi connectivity index (χ3n) is 2.67. The number of anilines is 1. The Morgan fingerprint density at radius 3 is 2.84 bits per heavy atom. The van der Waals surface area contributed by atoms with Crippen molar-refractivity contribution in [3.8, 4) is 0 Å². The van der Waals surface area contributed by atoms with E-state index in [0.717, 1.165) is 13.0 Å². The van der Waals surface area contributed by atoms with Crippen LogP contribution >= 0.6 is 23.4 Å². The Balaban J connectivity index is 2.30. The van der Waals surface area contributed by atoms with Crippen LogP contribution in [-0.2, 0) is 0 Å². The van der Waals surface area contributed by atoms with Crippen LogP contribution in [0, 0.1) is 0 Å². The molecule has 1 aromatic heterocycles. The largest absolute Gasteiger partial charge is 0.478 e. The number of unbranched alkanes of at least 4 members (excludes halogenated alkanes) is 3. The maximum atomic E-state index is 10.9. The highest BCUT2D eigenvalue weighted by Crippen LogP contribution is 2.18. The molecule has 6 heteroatoms. The van der Waals surface area contributed by atoms with Gasteiger partial charge >= 0.3 is 5.97 Å². The minimum Gasteiger partial charge on any atom is -0.478 e. The number of aromatic carboxylic acids is 1. The molecule has 0 fully saturated rings. The standard InChI is InChI=1S/C13H19ClN2O2S/c1-19-7-5-3-2-4-6-15-12-8-10(13(17)18)11(14)9-16-12/h8-9H,2-7H2,1H3,(H,15,16)(H,17,18). The van der Waals surface area contributed by atoms with E-state index in [-0.39, 0.29) is 10.6 Å². The molecule has 19 heavy (non-hydrogen) atoms. The van der Waals surface area contributed by atoms with E-state index >= 15 is 0 Å². The summed E-state index contributed by atoms with van der Waals surface area (Å²) in [5, 5.41) is 12.2. The van der Waals surface area contributed by atoms with E-state index in [0.29, 0.717) is 5.82 Å². The second-order valence-corrected chi connectivity index (χ2v) is 5.58. The lowest BCUT2D eigenvalue weighted by atomic mass is 10.2. The van der Waals surface area contributed by atoms with Gasteiger partial charge in [0.1, 0.15) is 5.82 Å². The molecule has 0 bridgehead atoms. The summed E-state index contributed by atoms with van der Waals surface area (Å²) in [6, 6.07) is 1.47. The van der Waals surface area contributed by atoms with Crippen molar-refractivity contribution in [1.82, 2.24) is 4.98 Å². The van der Waals surface area contributed by atoms with Gasteiger partial charge in [-0.2, -0.15) is 11.8 Å². The number of rotatable bonds is 9. The van der Waals surface area contributed by atoms with Gasteiger partial charge in [0, 0.05) is 12.7 Å². The number of hydrogen-bond donors (Lipinski definition) is 2.